The van der Waals surface area contributed by atoms with E-state index in [-0.39, 0.29) is 6.04 Å². The molecule has 0 aliphatic heterocycles. The standard InChI is InChI=1S/C12H12ClNOS/c13-11-6-5-10(16-11)12(14-8-3-4-8)9-2-1-7-15-9/h1-2,5-8,12,14H,3-4H2. The second kappa shape index (κ2) is 4.24. The largest absolute Gasteiger partial charge is 0.467 e. The van der Waals surface area contributed by atoms with Gasteiger partial charge in [-0.05, 0) is 37.1 Å². The third kappa shape index (κ3) is 2.17. The minimum Gasteiger partial charge on any atom is -0.467 e. The number of thiophene rings is 1. The smallest absolute Gasteiger partial charge is 0.126 e. The third-order valence-electron chi connectivity index (χ3n) is 2.69. The zero-order valence-electron chi connectivity index (χ0n) is 8.65. The molecule has 1 N–H and O–H groups in total. The van der Waals surface area contributed by atoms with E-state index in [0.29, 0.717) is 6.04 Å². The van der Waals surface area contributed by atoms with E-state index < -0.39 is 0 Å². The van der Waals surface area contributed by atoms with Gasteiger partial charge in [-0.25, -0.2) is 0 Å². The molecule has 0 amide bonds. The van der Waals surface area contributed by atoms with Gasteiger partial charge in [-0.2, -0.15) is 0 Å². The monoisotopic (exact) mass is 253 g/mol. The van der Waals surface area contributed by atoms with Crippen LogP contribution in [0.15, 0.2) is 34.9 Å². The third-order valence-corrected chi connectivity index (χ3v) is 3.98. The number of hydrogen-bond acceptors (Lipinski definition) is 3. The summed E-state index contributed by atoms with van der Waals surface area (Å²) in [5.41, 5.74) is 0. The molecule has 2 aromatic heterocycles. The summed E-state index contributed by atoms with van der Waals surface area (Å²) in [4.78, 5) is 1.21. The van der Waals surface area contributed by atoms with E-state index in [9.17, 15) is 0 Å². The van der Waals surface area contributed by atoms with Gasteiger partial charge in [0, 0.05) is 10.9 Å². The summed E-state index contributed by atoms with van der Waals surface area (Å²) in [6.07, 6.45) is 4.23. The lowest BCUT2D eigenvalue weighted by molar-refractivity contribution is 0.448. The second-order valence-electron chi connectivity index (χ2n) is 4.03. The number of halogens is 1. The van der Waals surface area contributed by atoms with Gasteiger partial charge in [0.1, 0.15) is 11.8 Å². The van der Waals surface area contributed by atoms with Crippen molar-refractivity contribution in [2.24, 2.45) is 0 Å². The van der Waals surface area contributed by atoms with Crippen LogP contribution in [0, 0.1) is 0 Å². The van der Waals surface area contributed by atoms with E-state index in [1.807, 2.05) is 18.2 Å². The Morgan fingerprint density at radius 2 is 2.25 bits per heavy atom. The van der Waals surface area contributed by atoms with Gasteiger partial charge in [0.15, 0.2) is 0 Å². The highest BCUT2D eigenvalue weighted by atomic mass is 35.5. The van der Waals surface area contributed by atoms with Gasteiger partial charge in [-0.1, -0.05) is 11.6 Å². The first-order valence-electron chi connectivity index (χ1n) is 5.37. The summed E-state index contributed by atoms with van der Waals surface area (Å²) in [5, 5.41) is 3.58. The van der Waals surface area contributed by atoms with Crippen molar-refractivity contribution in [1.29, 1.82) is 0 Å². The van der Waals surface area contributed by atoms with Crippen LogP contribution in [-0.4, -0.2) is 6.04 Å². The first-order chi connectivity index (χ1) is 7.83. The van der Waals surface area contributed by atoms with Crippen LogP contribution in [0.1, 0.15) is 29.5 Å². The molecule has 0 aromatic carbocycles. The summed E-state index contributed by atoms with van der Waals surface area (Å²) in [6.45, 7) is 0. The van der Waals surface area contributed by atoms with Crippen LogP contribution in [0.25, 0.3) is 0 Å². The SMILES string of the molecule is Clc1ccc(C(NC2CC2)c2ccco2)s1. The summed E-state index contributed by atoms with van der Waals surface area (Å²) < 4.78 is 6.31. The molecule has 1 aliphatic rings. The van der Waals surface area contributed by atoms with Crippen LogP contribution in [0.2, 0.25) is 4.34 Å². The van der Waals surface area contributed by atoms with Crippen LogP contribution >= 0.6 is 22.9 Å². The fraction of sp³-hybridized carbons (Fsp3) is 0.333. The highest BCUT2D eigenvalue weighted by Gasteiger charge is 2.28. The van der Waals surface area contributed by atoms with Crippen molar-refractivity contribution >= 4 is 22.9 Å². The molecule has 0 saturated heterocycles. The number of hydrogen-bond donors (Lipinski definition) is 1. The average molecular weight is 254 g/mol. The van der Waals surface area contributed by atoms with Crippen LogP contribution in [0.3, 0.4) is 0 Å². The van der Waals surface area contributed by atoms with Crippen molar-refractivity contribution in [3.05, 3.63) is 45.5 Å². The molecule has 1 atom stereocenters. The Bertz CT molecular complexity index is 461. The van der Waals surface area contributed by atoms with Crippen molar-refractivity contribution in [3.8, 4) is 0 Å². The molecule has 84 valence electrons. The lowest BCUT2D eigenvalue weighted by Crippen LogP contribution is -2.23. The van der Waals surface area contributed by atoms with E-state index in [1.165, 1.54) is 17.7 Å². The molecular weight excluding hydrogens is 242 g/mol. The highest BCUT2D eigenvalue weighted by Crippen LogP contribution is 2.34. The maximum absolute atomic E-state index is 5.98. The Balaban J connectivity index is 1.88. The van der Waals surface area contributed by atoms with Crippen molar-refractivity contribution in [2.75, 3.05) is 0 Å². The number of rotatable bonds is 4. The Morgan fingerprint density at radius 1 is 1.38 bits per heavy atom. The summed E-state index contributed by atoms with van der Waals surface area (Å²) >= 11 is 7.58. The van der Waals surface area contributed by atoms with Crippen LogP contribution in [0.5, 0.6) is 0 Å². The molecule has 1 fully saturated rings. The first-order valence-corrected chi connectivity index (χ1v) is 6.57. The molecule has 0 radical (unpaired) electrons. The molecule has 1 aliphatic carbocycles. The quantitative estimate of drug-likeness (QED) is 0.896. The Labute approximate surface area is 103 Å². The molecule has 2 aromatic rings. The van der Waals surface area contributed by atoms with Crippen LogP contribution in [0.4, 0.5) is 0 Å². The van der Waals surface area contributed by atoms with E-state index in [1.54, 1.807) is 17.6 Å². The van der Waals surface area contributed by atoms with Gasteiger partial charge >= 0.3 is 0 Å². The van der Waals surface area contributed by atoms with E-state index in [4.69, 9.17) is 16.0 Å². The fourth-order valence-electron chi connectivity index (χ4n) is 1.73. The fourth-order valence-corrected chi connectivity index (χ4v) is 2.86. The molecule has 4 heteroatoms. The van der Waals surface area contributed by atoms with Gasteiger partial charge in [-0.3, -0.25) is 0 Å². The van der Waals surface area contributed by atoms with Crippen molar-refractivity contribution < 1.29 is 4.42 Å². The Kier molecular flexibility index (Phi) is 2.75. The molecular formula is C12H12ClNOS. The van der Waals surface area contributed by atoms with Crippen LogP contribution in [-0.2, 0) is 0 Å². The normalized spacial score (nSPS) is 17.6. The molecule has 3 rings (SSSR count). The second-order valence-corrected chi connectivity index (χ2v) is 5.78. The molecule has 16 heavy (non-hydrogen) atoms. The van der Waals surface area contributed by atoms with E-state index in [0.717, 1.165) is 10.1 Å². The van der Waals surface area contributed by atoms with E-state index in [2.05, 4.69) is 11.4 Å². The molecule has 1 unspecified atom stereocenters. The minimum atomic E-state index is 0.153. The van der Waals surface area contributed by atoms with Crippen molar-refractivity contribution in [3.63, 3.8) is 0 Å². The van der Waals surface area contributed by atoms with Gasteiger partial charge in [0.2, 0.25) is 0 Å². The Hall–Kier alpha value is -0.770. The number of furan rings is 1. The predicted octanol–water partition coefficient (Wildman–Crippen LogP) is 3.84. The Morgan fingerprint density at radius 3 is 2.81 bits per heavy atom. The lowest BCUT2D eigenvalue weighted by atomic mass is 10.2. The number of nitrogens with one attached hydrogen (secondary N) is 1. The minimum absolute atomic E-state index is 0.153. The molecule has 2 nitrogen and oxygen atoms in total. The molecule has 0 bridgehead atoms. The predicted molar refractivity (Wildman–Crippen MR) is 66.0 cm³/mol. The van der Waals surface area contributed by atoms with Crippen molar-refractivity contribution in [1.82, 2.24) is 5.32 Å². The maximum atomic E-state index is 5.98. The van der Waals surface area contributed by atoms with E-state index >= 15 is 0 Å². The van der Waals surface area contributed by atoms with Gasteiger partial charge < -0.3 is 9.73 Å². The van der Waals surface area contributed by atoms with Gasteiger partial charge in [0.25, 0.3) is 0 Å². The first kappa shape index (κ1) is 10.4. The van der Waals surface area contributed by atoms with Gasteiger partial charge in [-0.15, -0.1) is 11.3 Å². The maximum Gasteiger partial charge on any atom is 0.126 e. The molecule has 0 spiro atoms. The average Bonchev–Trinajstić information content (AvgIpc) is 2.79. The lowest BCUT2D eigenvalue weighted by Gasteiger charge is -2.14. The van der Waals surface area contributed by atoms with Crippen molar-refractivity contribution in [2.45, 2.75) is 24.9 Å². The summed E-state index contributed by atoms with van der Waals surface area (Å²) in [6, 6.07) is 8.72. The molecule has 2 heterocycles. The summed E-state index contributed by atoms with van der Waals surface area (Å²) in [5.74, 6) is 0.963. The van der Waals surface area contributed by atoms with Crippen LogP contribution < -0.4 is 5.32 Å². The highest BCUT2D eigenvalue weighted by molar-refractivity contribution is 7.16. The summed E-state index contributed by atoms with van der Waals surface area (Å²) in [7, 11) is 0. The van der Waals surface area contributed by atoms with Gasteiger partial charge in [0.05, 0.1) is 10.6 Å². The zero-order chi connectivity index (χ0) is 11.0. The topological polar surface area (TPSA) is 25.2 Å². The molecule has 1 saturated carbocycles. The zero-order valence-corrected chi connectivity index (χ0v) is 10.2.